The van der Waals surface area contributed by atoms with Crippen LogP contribution in [0.4, 0.5) is 0 Å². The van der Waals surface area contributed by atoms with Crippen molar-refractivity contribution in [3.8, 4) is 11.5 Å². The zero-order valence-corrected chi connectivity index (χ0v) is 15.1. The maximum atomic E-state index is 12.9. The van der Waals surface area contributed by atoms with Crippen LogP contribution in [0.25, 0.3) is 0 Å². The van der Waals surface area contributed by atoms with Crippen molar-refractivity contribution in [3.05, 3.63) is 52.8 Å². The molecule has 0 aliphatic carbocycles. The maximum Gasteiger partial charge on any atom is 0.337 e. The molecule has 1 amide bonds. The van der Waals surface area contributed by atoms with E-state index < -0.39 is 5.97 Å². The van der Waals surface area contributed by atoms with Gasteiger partial charge in [0.05, 0.1) is 17.9 Å². The first kappa shape index (κ1) is 18.7. The first-order valence-electron chi connectivity index (χ1n) is 8.37. The number of methoxy groups -OCH3 is 1. The zero-order valence-electron chi connectivity index (χ0n) is 15.1. The van der Waals surface area contributed by atoms with E-state index in [4.69, 9.17) is 19.3 Å². The summed E-state index contributed by atoms with van der Waals surface area (Å²) in [6, 6.07) is 8.33. The molecule has 0 atom stereocenters. The molecule has 1 aliphatic rings. The minimum atomic E-state index is -1.07. The lowest BCUT2D eigenvalue weighted by Gasteiger charge is -2.22. The number of hydrogen-bond donors (Lipinski definition) is 1. The second kappa shape index (κ2) is 8.05. The third-order valence-electron chi connectivity index (χ3n) is 4.20. The molecular formula is C19H20N2O6. The number of amides is 1. The quantitative estimate of drug-likeness (QED) is 0.795. The lowest BCUT2D eigenvalue weighted by Crippen LogP contribution is -2.34. The van der Waals surface area contributed by atoms with E-state index in [1.807, 2.05) is 12.1 Å². The lowest BCUT2D eigenvalue weighted by molar-refractivity contribution is 0.0667. The van der Waals surface area contributed by atoms with E-state index in [9.17, 15) is 9.59 Å². The minimum absolute atomic E-state index is 0.0748. The number of aromatic nitrogens is 1. The van der Waals surface area contributed by atoms with Gasteiger partial charge in [-0.05, 0) is 36.8 Å². The van der Waals surface area contributed by atoms with Crippen molar-refractivity contribution in [2.24, 2.45) is 0 Å². The van der Waals surface area contributed by atoms with Gasteiger partial charge in [0.2, 0.25) is 6.79 Å². The largest absolute Gasteiger partial charge is 0.478 e. The van der Waals surface area contributed by atoms with Crippen molar-refractivity contribution in [2.75, 3.05) is 27.1 Å². The predicted octanol–water partition coefficient (Wildman–Crippen LogP) is 2.11. The Morgan fingerprint density at radius 3 is 2.70 bits per heavy atom. The summed E-state index contributed by atoms with van der Waals surface area (Å²) < 4.78 is 15.8. The molecule has 2 heterocycles. The number of carbonyl (C=O) groups excluding carboxylic acids is 1. The van der Waals surface area contributed by atoms with Crippen LogP contribution in [0.1, 0.15) is 32.1 Å². The second-order valence-electron chi connectivity index (χ2n) is 6.04. The highest BCUT2D eigenvalue weighted by Gasteiger charge is 2.21. The molecule has 0 saturated heterocycles. The monoisotopic (exact) mass is 372 g/mol. The van der Waals surface area contributed by atoms with Gasteiger partial charge in [0.25, 0.3) is 5.91 Å². The smallest absolute Gasteiger partial charge is 0.337 e. The van der Waals surface area contributed by atoms with Crippen LogP contribution in [0.15, 0.2) is 30.3 Å². The van der Waals surface area contributed by atoms with Crippen LogP contribution in [0, 0.1) is 6.92 Å². The van der Waals surface area contributed by atoms with E-state index in [1.54, 1.807) is 25.0 Å². The predicted molar refractivity (Wildman–Crippen MR) is 95.1 cm³/mol. The van der Waals surface area contributed by atoms with Gasteiger partial charge < -0.3 is 24.2 Å². The van der Waals surface area contributed by atoms with E-state index in [1.165, 1.54) is 12.1 Å². The molecule has 3 rings (SSSR count). The molecule has 142 valence electrons. The average molecular weight is 372 g/mol. The fourth-order valence-corrected chi connectivity index (χ4v) is 2.78. The summed E-state index contributed by atoms with van der Waals surface area (Å²) in [5, 5.41) is 9.12. The Hall–Kier alpha value is -3.13. The standard InChI is InChI=1S/C19H20N2O6/c1-12-14(19(23)24)4-5-15(20-12)18(22)21(7-8-25-2)10-13-3-6-16-17(9-13)27-11-26-16/h3-6,9H,7-8,10-11H2,1-2H3,(H,23,24). The molecule has 0 fully saturated rings. The van der Waals surface area contributed by atoms with Crippen molar-refractivity contribution in [1.82, 2.24) is 9.88 Å². The van der Waals surface area contributed by atoms with Crippen LogP contribution in [0.5, 0.6) is 11.5 Å². The van der Waals surface area contributed by atoms with Gasteiger partial charge in [0.1, 0.15) is 5.69 Å². The normalized spacial score (nSPS) is 12.1. The summed E-state index contributed by atoms with van der Waals surface area (Å²) >= 11 is 0. The molecule has 0 saturated carbocycles. The summed E-state index contributed by atoms with van der Waals surface area (Å²) in [6.07, 6.45) is 0. The van der Waals surface area contributed by atoms with Crippen LogP contribution in [-0.2, 0) is 11.3 Å². The maximum absolute atomic E-state index is 12.9. The van der Waals surface area contributed by atoms with E-state index in [-0.39, 0.29) is 24.0 Å². The Bertz CT molecular complexity index is 867. The number of carboxylic acids is 1. The SMILES string of the molecule is COCCN(Cc1ccc2c(c1)OCO2)C(=O)c1ccc(C(=O)O)c(C)n1. The fourth-order valence-electron chi connectivity index (χ4n) is 2.78. The van der Waals surface area contributed by atoms with E-state index in [2.05, 4.69) is 4.98 Å². The van der Waals surface area contributed by atoms with E-state index in [0.29, 0.717) is 36.9 Å². The molecule has 8 heteroatoms. The third kappa shape index (κ3) is 4.17. The number of nitrogens with zero attached hydrogens (tertiary/aromatic N) is 2. The molecule has 1 aliphatic heterocycles. The Labute approximate surface area is 156 Å². The zero-order chi connectivity index (χ0) is 19.4. The molecule has 27 heavy (non-hydrogen) atoms. The number of aryl methyl sites for hydroxylation is 1. The van der Waals surface area contributed by atoms with Crippen LogP contribution in [0.3, 0.4) is 0 Å². The first-order valence-corrected chi connectivity index (χ1v) is 8.37. The molecule has 1 aromatic carbocycles. The van der Waals surface area contributed by atoms with Crippen molar-refractivity contribution in [1.29, 1.82) is 0 Å². The van der Waals surface area contributed by atoms with Crippen LogP contribution in [-0.4, -0.2) is 53.9 Å². The number of benzene rings is 1. The topological polar surface area (TPSA) is 98.2 Å². The van der Waals surface area contributed by atoms with Crippen molar-refractivity contribution in [3.63, 3.8) is 0 Å². The summed E-state index contributed by atoms with van der Waals surface area (Å²) in [6.45, 7) is 2.82. The van der Waals surface area contributed by atoms with Crippen molar-refractivity contribution >= 4 is 11.9 Å². The number of carboxylic acid groups (broad SMARTS) is 1. The summed E-state index contributed by atoms with van der Waals surface area (Å²) in [7, 11) is 1.56. The Kier molecular flexibility index (Phi) is 5.56. The Balaban J connectivity index is 1.82. The number of ether oxygens (including phenoxy) is 3. The van der Waals surface area contributed by atoms with Gasteiger partial charge in [-0.15, -0.1) is 0 Å². The number of pyridine rings is 1. The van der Waals surface area contributed by atoms with Crippen molar-refractivity contribution < 1.29 is 28.9 Å². The molecule has 1 aromatic heterocycles. The van der Waals surface area contributed by atoms with Gasteiger partial charge >= 0.3 is 5.97 Å². The van der Waals surface area contributed by atoms with Gasteiger partial charge in [-0.2, -0.15) is 0 Å². The van der Waals surface area contributed by atoms with Gasteiger partial charge in [-0.25, -0.2) is 9.78 Å². The Morgan fingerprint density at radius 1 is 1.22 bits per heavy atom. The molecule has 0 radical (unpaired) electrons. The molecular weight excluding hydrogens is 352 g/mol. The Morgan fingerprint density at radius 2 is 2.00 bits per heavy atom. The van der Waals surface area contributed by atoms with Gasteiger partial charge in [-0.1, -0.05) is 6.07 Å². The van der Waals surface area contributed by atoms with Gasteiger partial charge in [0.15, 0.2) is 11.5 Å². The van der Waals surface area contributed by atoms with Crippen LogP contribution < -0.4 is 9.47 Å². The molecule has 0 bridgehead atoms. The number of carbonyl (C=O) groups is 2. The third-order valence-corrected chi connectivity index (χ3v) is 4.20. The van der Waals surface area contributed by atoms with Crippen LogP contribution in [0.2, 0.25) is 0 Å². The first-order chi connectivity index (χ1) is 13.0. The van der Waals surface area contributed by atoms with Gasteiger partial charge in [-0.3, -0.25) is 4.79 Å². The average Bonchev–Trinajstić information content (AvgIpc) is 3.12. The summed E-state index contributed by atoms with van der Waals surface area (Å²) in [5.41, 5.74) is 1.44. The highest BCUT2D eigenvalue weighted by Crippen LogP contribution is 2.32. The highest BCUT2D eigenvalue weighted by molar-refractivity contribution is 5.94. The number of hydrogen-bond acceptors (Lipinski definition) is 6. The highest BCUT2D eigenvalue weighted by atomic mass is 16.7. The fraction of sp³-hybridized carbons (Fsp3) is 0.316. The number of fused-ring (bicyclic) bond motifs is 1. The number of aromatic carboxylic acids is 1. The molecule has 0 unspecified atom stereocenters. The van der Waals surface area contributed by atoms with Crippen molar-refractivity contribution in [2.45, 2.75) is 13.5 Å². The lowest BCUT2D eigenvalue weighted by atomic mass is 10.1. The summed E-state index contributed by atoms with van der Waals surface area (Å²) in [5.74, 6) is -0.0538. The molecule has 0 spiro atoms. The second-order valence-corrected chi connectivity index (χ2v) is 6.04. The van der Waals surface area contributed by atoms with Gasteiger partial charge in [0, 0.05) is 20.2 Å². The van der Waals surface area contributed by atoms with E-state index >= 15 is 0 Å². The number of rotatable bonds is 7. The molecule has 1 N–H and O–H groups in total. The van der Waals surface area contributed by atoms with E-state index in [0.717, 1.165) is 5.56 Å². The molecule has 2 aromatic rings. The van der Waals surface area contributed by atoms with Crippen LogP contribution >= 0.6 is 0 Å². The summed E-state index contributed by atoms with van der Waals surface area (Å²) in [4.78, 5) is 29.8. The minimum Gasteiger partial charge on any atom is -0.478 e. The molecule has 8 nitrogen and oxygen atoms in total.